The van der Waals surface area contributed by atoms with Gasteiger partial charge in [-0.05, 0) is 47.0 Å². The van der Waals surface area contributed by atoms with Crippen LogP contribution < -0.4 is 5.32 Å². The summed E-state index contributed by atoms with van der Waals surface area (Å²) in [6.45, 7) is 5.36. The fraction of sp³-hybridized carbons (Fsp3) is 0.261. The molecule has 0 aromatic heterocycles. The lowest BCUT2D eigenvalue weighted by Gasteiger charge is -2.26. The van der Waals surface area contributed by atoms with Gasteiger partial charge >= 0.3 is 0 Å². The fourth-order valence-electron chi connectivity index (χ4n) is 3.51. The van der Waals surface area contributed by atoms with Crippen LogP contribution in [0.1, 0.15) is 21.5 Å². The van der Waals surface area contributed by atoms with Crippen LogP contribution in [0.5, 0.6) is 0 Å². The Balaban J connectivity index is 1.47. The van der Waals surface area contributed by atoms with E-state index in [4.69, 9.17) is 0 Å². The zero-order valence-corrected chi connectivity index (χ0v) is 16.4. The van der Waals surface area contributed by atoms with E-state index < -0.39 is 0 Å². The summed E-state index contributed by atoms with van der Waals surface area (Å²) in [5.74, 6) is 2.38. The van der Waals surface area contributed by atoms with Crippen molar-refractivity contribution in [2.45, 2.75) is 13.5 Å². The Hall–Kier alpha value is -2.30. The minimum absolute atomic E-state index is 0.0651. The van der Waals surface area contributed by atoms with Gasteiger partial charge in [0.15, 0.2) is 0 Å². The summed E-state index contributed by atoms with van der Waals surface area (Å²) < 4.78 is 0. The van der Waals surface area contributed by atoms with Crippen LogP contribution in [0, 0.1) is 6.92 Å². The number of nitrogens with zero attached hydrogens (tertiary/aromatic N) is 1. The van der Waals surface area contributed by atoms with E-state index in [-0.39, 0.29) is 5.91 Å². The van der Waals surface area contributed by atoms with E-state index in [9.17, 15) is 4.79 Å². The lowest BCUT2D eigenvalue weighted by molar-refractivity contribution is 0.102. The second-order valence-electron chi connectivity index (χ2n) is 7.05. The van der Waals surface area contributed by atoms with Gasteiger partial charge in [-0.3, -0.25) is 9.69 Å². The summed E-state index contributed by atoms with van der Waals surface area (Å²) >= 11 is 2.03. The van der Waals surface area contributed by atoms with Gasteiger partial charge in [-0.1, -0.05) is 42.5 Å². The highest BCUT2D eigenvalue weighted by atomic mass is 32.2. The van der Waals surface area contributed by atoms with Crippen molar-refractivity contribution < 1.29 is 4.79 Å². The molecule has 0 spiro atoms. The summed E-state index contributed by atoms with van der Waals surface area (Å²) in [4.78, 5) is 15.2. The van der Waals surface area contributed by atoms with Crippen LogP contribution in [0.15, 0.2) is 60.7 Å². The predicted molar refractivity (Wildman–Crippen MR) is 116 cm³/mol. The minimum Gasteiger partial charge on any atom is -0.322 e. The van der Waals surface area contributed by atoms with Gasteiger partial charge in [0.25, 0.3) is 5.91 Å². The summed E-state index contributed by atoms with van der Waals surface area (Å²) in [6.07, 6.45) is 0. The molecule has 0 bridgehead atoms. The van der Waals surface area contributed by atoms with Crippen molar-refractivity contribution in [3.63, 3.8) is 0 Å². The number of anilines is 1. The smallest absolute Gasteiger partial charge is 0.255 e. The molecule has 1 aliphatic rings. The van der Waals surface area contributed by atoms with Gasteiger partial charge in [0, 0.05) is 42.4 Å². The number of hydrogen-bond acceptors (Lipinski definition) is 3. The van der Waals surface area contributed by atoms with Gasteiger partial charge in [-0.15, -0.1) is 0 Å². The maximum atomic E-state index is 12.7. The molecule has 0 radical (unpaired) electrons. The number of carbonyl (C=O) groups is 1. The summed E-state index contributed by atoms with van der Waals surface area (Å²) in [5, 5.41) is 5.29. The first-order valence-electron chi connectivity index (χ1n) is 9.39. The Bertz CT molecular complexity index is 964. The molecule has 4 heteroatoms. The summed E-state index contributed by atoms with van der Waals surface area (Å²) in [7, 11) is 0. The van der Waals surface area contributed by atoms with E-state index in [1.54, 1.807) is 0 Å². The van der Waals surface area contributed by atoms with Crippen LogP contribution in [0.3, 0.4) is 0 Å². The fourth-order valence-corrected chi connectivity index (χ4v) is 4.49. The summed E-state index contributed by atoms with van der Waals surface area (Å²) in [6, 6.07) is 20.3. The Morgan fingerprint density at radius 2 is 1.78 bits per heavy atom. The van der Waals surface area contributed by atoms with Crippen LogP contribution in [-0.4, -0.2) is 35.4 Å². The van der Waals surface area contributed by atoms with Crippen LogP contribution in [0.25, 0.3) is 10.8 Å². The maximum absolute atomic E-state index is 12.7. The molecule has 1 aliphatic heterocycles. The molecule has 138 valence electrons. The molecule has 1 saturated heterocycles. The maximum Gasteiger partial charge on any atom is 0.255 e. The lowest BCUT2D eigenvalue weighted by Crippen LogP contribution is -2.31. The Labute approximate surface area is 164 Å². The summed E-state index contributed by atoms with van der Waals surface area (Å²) in [5.41, 5.74) is 3.98. The van der Waals surface area contributed by atoms with Gasteiger partial charge in [0.05, 0.1) is 0 Å². The highest BCUT2D eigenvalue weighted by Crippen LogP contribution is 2.21. The molecular weight excluding hydrogens is 352 g/mol. The van der Waals surface area contributed by atoms with Gasteiger partial charge in [-0.2, -0.15) is 11.8 Å². The van der Waals surface area contributed by atoms with E-state index >= 15 is 0 Å². The number of rotatable bonds is 4. The van der Waals surface area contributed by atoms with Crippen molar-refractivity contribution in [3.8, 4) is 0 Å². The first kappa shape index (κ1) is 18.1. The average molecular weight is 377 g/mol. The Kier molecular flexibility index (Phi) is 5.46. The van der Waals surface area contributed by atoms with Crippen molar-refractivity contribution in [1.29, 1.82) is 0 Å². The minimum atomic E-state index is -0.0651. The Morgan fingerprint density at radius 1 is 1.00 bits per heavy atom. The number of thioether (sulfide) groups is 1. The molecule has 0 aliphatic carbocycles. The highest BCUT2D eigenvalue weighted by molar-refractivity contribution is 7.99. The van der Waals surface area contributed by atoms with Crippen LogP contribution in [-0.2, 0) is 6.54 Å². The number of fused-ring (bicyclic) bond motifs is 1. The zero-order valence-electron chi connectivity index (χ0n) is 15.6. The van der Waals surface area contributed by atoms with Crippen molar-refractivity contribution in [2.75, 3.05) is 29.9 Å². The van der Waals surface area contributed by atoms with Crippen molar-refractivity contribution in [2.24, 2.45) is 0 Å². The third kappa shape index (κ3) is 4.34. The van der Waals surface area contributed by atoms with Crippen molar-refractivity contribution >= 4 is 34.1 Å². The standard InChI is InChI=1S/C23H24N2OS/c1-17-14-18(16-25-10-12-27-13-11-25)6-9-22(17)24-23(26)21-8-7-19-4-2-3-5-20(19)15-21/h2-9,14-15H,10-13,16H2,1H3,(H,24,26). The van der Waals surface area contributed by atoms with Gasteiger partial charge in [0.1, 0.15) is 0 Å². The number of benzene rings is 3. The molecule has 0 saturated carbocycles. The number of hydrogen-bond donors (Lipinski definition) is 1. The highest BCUT2D eigenvalue weighted by Gasteiger charge is 2.12. The quantitative estimate of drug-likeness (QED) is 0.699. The van der Waals surface area contributed by atoms with Crippen molar-refractivity contribution in [1.82, 2.24) is 4.90 Å². The third-order valence-corrected chi connectivity index (χ3v) is 6.00. The molecule has 4 rings (SSSR count). The van der Waals surface area contributed by atoms with Crippen molar-refractivity contribution in [3.05, 3.63) is 77.4 Å². The van der Waals surface area contributed by atoms with Gasteiger partial charge in [-0.25, -0.2) is 0 Å². The third-order valence-electron chi connectivity index (χ3n) is 5.06. The molecular formula is C23H24N2OS. The monoisotopic (exact) mass is 376 g/mol. The molecule has 3 aromatic rings. The van der Waals surface area contributed by atoms with Crippen LogP contribution in [0.4, 0.5) is 5.69 Å². The first-order valence-corrected chi connectivity index (χ1v) is 10.5. The van der Waals surface area contributed by atoms with Gasteiger partial charge in [0.2, 0.25) is 0 Å². The van der Waals surface area contributed by atoms with E-state index in [2.05, 4.69) is 35.3 Å². The van der Waals surface area contributed by atoms with Crippen LogP contribution >= 0.6 is 11.8 Å². The molecule has 1 fully saturated rings. The number of aryl methyl sites for hydroxylation is 1. The number of nitrogens with one attached hydrogen (secondary N) is 1. The molecule has 1 heterocycles. The molecule has 1 N–H and O–H groups in total. The van der Waals surface area contributed by atoms with E-state index in [0.717, 1.165) is 41.7 Å². The molecule has 0 atom stereocenters. The molecule has 3 aromatic carbocycles. The normalized spacial score (nSPS) is 15.0. The van der Waals surface area contributed by atoms with E-state index in [1.165, 1.54) is 17.1 Å². The molecule has 0 unspecified atom stereocenters. The molecule has 27 heavy (non-hydrogen) atoms. The SMILES string of the molecule is Cc1cc(CN2CCSCC2)ccc1NC(=O)c1ccc2ccccc2c1. The average Bonchev–Trinajstić information content (AvgIpc) is 2.70. The first-order chi connectivity index (χ1) is 13.2. The second-order valence-corrected chi connectivity index (χ2v) is 8.28. The lowest BCUT2D eigenvalue weighted by atomic mass is 10.1. The second kappa shape index (κ2) is 8.15. The largest absolute Gasteiger partial charge is 0.322 e. The Morgan fingerprint density at radius 3 is 2.56 bits per heavy atom. The topological polar surface area (TPSA) is 32.3 Å². The predicted octanol–water partition coefficient (Wildman–Crippen LogP) is 4.95. The van der Waals surface area contributed by atoms with Gasteiger partial charge < -0.3 is 5.32 Å². The van der Waals surface area contributed by atoms with Crippen LogP contribution in [0.2, 0.25) is 0 Å². The molecule has 1 amide bonds. The van der Waals surface area contributed by atoms with E-state index in [0.29, 0.717) is 5.56 Å². The molecule has 3 nitrogen and oxygen atoms in total. The van der Waals surface area contributed by atoms with E-state index in [1.807, 2.05) is 54.2 Å². The number of amides is 1. The zero-order chi connectivity index (χ0) is 18.6. The number of carbonyl (C=O) groups excluding carboxylic acids is 1.